The van der Waals surface area contributed by atoms with Gasteiger partial charge in [0.05, 0.1) is 40.1 Å². The first-order valence-corrected chi connectivity index (χ1v) is 12.1. The van der Waals surface area contributed by atoms with Gasteiger partial charge in [0.15, 0.2) is 5.13 Å². The summed E-state index contributed by atoms with van der Waals surface area (Å²) in [7, 11) is 1.70. The van der Waals surface area contributed by atoms with Crippen molar-refractivity contribution in [1.82, 2.24) is 14.5 Å². The molecule has 0 aliphatic carbocycles. The van der Waals surface area contributed by atoms with Gasteiger partial charge in [-0.2, -0.15) is 0 Å². The molecule has 1 amide bonds. The number of aromatic nitrogens is 3. The number of carbonyl (C=O) groups excluding carboxylic acids is 1. The van der Waals surface area contributed by atoms with E-state index in [1.54, 1.807) is 17.7 Å². The summed E-state index contributed by atoms with van der Waals surface area (Å²) in [6.07, 6.45) is -9.19. The number of nitrogens with zero attached hydrogens (tertiary/aromatic N) is 3. The van der Waals surface area contributed by atoms with Gasteiger partial charge in [-0.1, -0.05) is 11.3 Å². The molecular formula is C23H22F3N5O6S. The number of imidazole rings is 1. The number of hydrogen-bond donors (Lipinski definition) is 5. The van der Waals surface area contributed by atoms with E-state index < -0.39 is 43.3 Å². The minimum atomic E-state index is -4.81. The van der Waals surface area contributed by atoms with Crippen LogP contribution in [-0.2, 0) is 11.8 Å². The van der Waals surface area contributed by atoms with Crippen molar-refractivity contribution in [3.05, 3.63) is 41.5 Å². The SMILES string of the molecule is Cn1c(Nc2nc3ccc(OC(F)(F)F)cc3s2)nc2cc(C(N)=O)c(C3C[C@@H](O)[C@H](O)[C@@H](CO)O3)cc21. The first-order chi connectivity index (χ1) is 17.9. The number of hydrogen-bond acceptors (Lipinski definition) is 10. The molecule has 2 aromatic heterocycles. The van der Waals surface area contributed by atoms with Crippen LogP contribution in [0.2, 0.25) is 0 Å². The molecule has 15 heteroatoms. The Morgan fingerprint density at radius 2 is 2.03 bits per heavy atom. The maximum Gasteiger partial charge on any atom is 0.573 e. The Bertz CT molecular complexity index is 1520. The molecule has 0 bridgehead atoms. The van der Waals surface area contributed by atoms with Crippen molar-refractivity contribution in [2.75, 3.05) is 11.9 Å². The highest BCUT2D eigenvalue weighted by Gasteiger charge is 2.38. The van der Waals surface area contributed by atoms with Gasteiger partial charge in [0.25, 0.3) is 0 Å². The summed E-state index contributed by atoms with van der Waals surface area (Å²) < 4.78 is 49.5. The third-order valence-corrected chi connectivity index (χ3v) is 7.16. The molecule has 6 N–H and O–H groups in total. The summed E-state index contributed by atoms with van der Waals surface area (Å²) in [6, 6.07) is 6.93. The van der Waals surface area contributed by atoms with Gasteiger partial charge >= 0.3 is 6.36 Å². The zero-order chi connectivity index (χ0) is 27.4. The molecule has 11 nitrogen and oxygen atoms in total. The summed E-state index contributed by atoms with van der Waals surface area (Å²) in [5.74, 6) is -0.790. The number of benzene rings is 2. The van der Waals surface area contributed by atoms with Crippen LogP contribution in [0.5, 0.6) is 5.75 Å². The highest BCUT2D eigenvalue weighted by atomic mass is 32.1. The number of aliphatic hydroxyl groups excluding tert-OH is 3. The van der Waals surface area contributed by atoms with Gasteiger partial charge in [-0.05, 0) is 29.8 Å². The van der Waals surface area contributed by atoms with Crippen LogP contribution >= 0.6 is 11.3 Å². The van der Waals surface area contributed by atoms with E-state index >= 15 is 0 Å². The molecule has 0 radical (unpaired) electrons. The monoisotopic (exact) mass is 553 g/mol. The number of anilines is 2. The smallest absolute Gasteiger partial charge is 0.406 e. The lowest BCUT2D eigenvalue weighted by Crippen LogP contribution is -2.47. The van der Waals surface area contributed by atoms with Crippen LogP contribution in [-0.4, -0.2) is 67.0 Å². The summed E-state index contributed by atoms with van der Waals surface area (Å²) in [6.45, 7) is -0.533. The molecule has 3 heterocycles. The van der Waals surface area contributed by atoms with Gasteiger partial charge in [0.2, 0.25) is 11.9 Å². The van der Waals surface area contributed by atoms with Gasteiger partial charge in [0, 0.05) is 25.1 Å². The van der Waals surface area contributed by atoms with E-state index in [2.05, 4.69) is 20.0 Å². The Hall–Kier alpha value is -3.50. The van der Waals surface area contributed by atoms with Gasteiger partial charge in [-0.15, -0.1) is 13.2 Å². The van der Waals surface area contributed by atoms with Gasteiger partial charge in [-0.3, -0.25) is 4.79 Å². The molecular weight excluding hydrogens is 531 g/mol. The van der Waals surface area contributed by atoms with Crippen molar-refractivity contribution in [3.8, 4) is 5.75 Å². The molecule has 5 rings (SSSR count). The van der Waals surface area contributed by atoms with Crippen molar-refractivity contribution >= 4 is 49.6 Å². The number of aliphatic hydroxyl groups is 3. The Morgan fingerprint density at radius 3 is 2.71 bits per heavy atom. The van der Waals surface area contributed by atoms with Crippen LogP contribution in [0.3, 0.4) is 0 Å². The second-order valence-electron chi connectivity index (χ2n) is 8.75. The van der Waals surface area contributed by atoms with Crippen LogP contribution in [0.4, 0.5) is 24.3 Å². The number of alkyl halides is 3. The third-order valence-electron chi connectivity index (χ3n) is 6.23. The quantitative estimate of drug-likeness (QED) is 0.241. The highest BCUT2D eigenvalue weighted by molar-refractivity contribution is 7.22. The first-order valence-electron chi connectivity index (χ1n) is 11.3. The number of nitrogens with two attached hydrogens (primary N) is 1. The maximum atomic E-state index is 12.5. The predicted molar refractivity (Wildman–Crippen MR) is 130 cm³/mol. The topological polar surface area (TPSA) is 165 Å². The molecule has 1 aliphatic rings. The van der Waals surface area contributed by atoms with E-state index in [1.807, 2.05) is 0 Å². The second kappa shape index (κ2) is 9.67. The van der Waals surface area contributed by atoms with E-state index in [9.17, 15) is 33.3 Å². The van der Waals surface area contributed by atoms with E-state index in [0.29, 0.717) is 37.9 Å². The Morgan fingerprint density at radius 1 is 1.26 bits per heavy atom. The van der Waals surface area contributed by atoms with E-state index in [4.69, 9.17) is 10.5 Å². The largest absolute Gasteiger partial charge is 0.573 e. The van der Waals surface area contributed by atoms with Gasteiger partial charge in [-0.25, -0.2) is 9.97 Å². The number of fused-ring (bicyclic) bond motifs is 2. The lowest BCUT2D eigenvalue weighted by Gasteiger charge is -2.37. The number of amides is 1. The molecule has 38 heavy (non-hydrogen) atoms. The highest BCUT2D eigenvalue weighted by Crippen LogP contribution is 2.37. The fourth-order valence-electron chi connectivity index (χ4n) is 4.40. The number of primary amides is 1. The Kier molecular flexibility index (Phi) is 6.65. The van der Waals surface area contributed by atoms with Crippen molar-refractivity contribution in [2.45, 2.75) is 37.2 Å². The lowest BCUT2D eigenvalue weighted by atomic mass is 9.91. The normalized spacial score (nSPS) is 22.2. The van der Waals surface area contributed by atoms with Crippen LogP contribution in [0.25, 0.3) is 21.3 Å². The maximum absolute atomic E-state index is 12.5. The van der Waals surface area contributed by atoms with Crippen molar-refractivity contribution in [1.29, 1.82) is 0 Å². The molecule has 0 spiro atoms. The van der Waals surface area contributed by atoms with E-state index in [-0.39, 0.29) is 17.7 Å². The number of thiazole rings is 1. The van der Waals surface area contributed by atoms with Crippen LogP contribution < -0.4 is 15.8 Å². The minimum Gasteiger partial charge on any atom is -0.406 e. The second-order valence-corrected chi connectivity index (χ2v) is 9.78. The molecule has 1 unspecified atom stereocenters. The molecule has 4 aromatic rings. The zero-order valence-corrected chi connectivity index (χ0v) is 20.5. The summed E-state index contributed by atoms with van der Waals surface area (Å²) >= 11 is 1.10. The predicted octanol–water partition coefficient (Wildman–Crippen LogP) is 2.47. The number of carbonyl (C=O) groups is 1. The molecule has 1 aliphatic heterocycles. The summed E-state index contributed by atoms with van der Waals surface area (Å²) in [5.41, 5.74) is 7.50. The fourth-order valence-corrected chi connectivity index (χ4v) is 5.29. The van der Waals surface area contributed by atoms with Crippen molar-refractivity contribution in [2.24, 2.45) is 12.8 Å². The standard InChI is InChI=1S/C23H22F3N5O6S/c1-31-14-6-10(16-7-15(33)19(34)17(8-32)36-16)11(20(27)35)5-13(14)28-21(31)30-22-29-12-3-2-9(4-18(12)38-22)37-23(24,25)26/h2-6,15-17,19,32-34H,7-8H2,1H3,(H2,27,35)(H,28,29,30)/t15-,16?,17-,19+/m1/s1. The van der Waals surface area contributed by atoms with Crippen LogP contribution in [0.15, 0.2) is 30.3 Å². The Labute approximate surface area is 216 Å². The van der Waals surface area contributed by atoms with E-state index in [0.717, 1.165) is 11.3 Å². The van der Waals surface area contributed by atoms with E-state index in [1.165, 1.54) is 24.3 Å². The number of nitrogens with one attached hydrogen (secondary N) is 1. The number of rotatable bonds is 6. The number of aryl methyl sites for hydroxylation is 1. The Balaban J connectivity index is 1.48. The van der Waals surface area contributed by atoms with Gasteiger partial charge in [0.1, 0.15) is 18.0 Å². The average molecular weight is 554 g/mol. The number of halogens is 3. The molecule has 0 saturated carbocycles. The lowest BCUT2D eigenvalue weighted by molar-refractivity contribution is -0.274. The van der Waals surface area contributed by atoms with Crippen molar-refractivity contribution < 1.29 is 42.8 Å². The van der Waals surface area contributed by atoms with Crippen LogP contribution in [0.1, 0.15) is 28.4 Å². The summed E-state index contributed by atoms with van der Waals surface area (Å²) in [5, 5.41) is 33.2. The molecule has 1 saturated heterocycles. The number of ether oxygens (including phenoxy) is 2. The minimum absolute atomic E-state index is 0.0296. The first kappa shape index (κ1) is 26.1. The van der Waals surface area contributed by atoms with Gasteiger partial charge < -0.3 is 40.4 Å². The third kappa shape index (κ3) is 4.98. The molecule has 2 aromatic carbocycles. The van der Waals surface area contributed by atoms with Crippen molar-refractivity contribution in [3.63, 3.8) is 0 Å². The van der Waals surface area contributed by atoms with Crippen LogP contribution in [0, 0.1) is 0 Å². The molecule has 4 atom stereocenters. The fraction of sp³-hybridized carbons (Fsp3) is 0.348. The molecule has 1 fully saturated rings. The molecule has 202 valence electrons. The zero-order valence-electron chi connectivity index (χ0n) is 19.6. The summed E-state index contributed by atoms with van der Waals surface area (Å²) in [4.78, 5) is 21.1. The average Bonchev–Trinajstić information content (AvgIpc) is 3.38.